The second kappa shape index (κ2) is 7.42. The molecule has 0 amide bonds. The molecule has 0 aliphatic heterocycles. The third kappa shape index (κ3) is 4.91. The van der Waals surface area contributed by atoms with Crippen LogP contribution in [0, 0.1) is 0 Å². The fraction of sp³-hybridized carbons (Fsp3) is 0.400. The van der Waals surface area contributed by atoms with E-state index in [9.17, 15) is 0 Å². The lowest BCUT2D eigenvalue weighted by Crippen LogP contribution is -2.06. The Morgan fingerprint density at radius 2 is 1.95 bits per heavy atom. The van der Waals surface area contributed by atoms with Gasteiger partial charge in [0.2, 0.25) is 5.95 Å². The smallest absolute Gasteiger partial charge is 0.249 e. The van der Waals surface area contributed by atoms with Crippen LogP contribution in [0.4, 0.5) is 17.5 Å². The number of nitrogens with zero attached hydrogens (tertiary/aromatic N) is 3. The van der Waals surface area contributed by atoms with Gasteiger partial charge < -0.3 is 15.4 Å². The lowest BCUT2D eigenvalue weighted by Gasteiger charge is -2.10. The highest BCUT2D eigenvalue weighted by Crippen LogP contribution is 2.19. The Bertz CT molecular complexity index is 556. The standard InChI is InChI=1S/C15H21N5O/c1-4-9-16-14-10-17-20-15(19-14)18-12-5-7-13(8-6-12)21-11(2)3/h5-8,10-11H,4,9H2,1-3H3,(H2,16,18,19,20). The van der Waals surface area contributed by atoms with Crippen molar-refractivity contribution in [1.82, 2.24) is 15.2 Å². The van der Waals surface area contributed by atoms with Crippen molar-refractivity contribution >= 4 is 17.5 Å². The molecule has 2 N–H and O–H groups in total. The average Bonchev–Trinajstić information content (AvgIpc) is 2.47. The Morgan fingerprint density at radius 1 is 1.19 bits per heavy atom. The van der Waals surface area contributed by atoms with Gasteiger partial charge in [0, 0.05) is 12.2 Å². The molecule has 2 aromatic rings. The summed E-state index contributed by atoms with van der Waals surface area (Å²) in [5, 5.41) is 14.2. The second-order valence-electron chi connectivity index (χ2n) is 4.91. The predicted octanol–water partition coefficient (Wildman–Crippen LogP) is 3.22. The lowest BCUT2D eigenvalue weighted by molar-refractivity contribution is 0.242. The highest BCUT2D eigenvalue weighted by Gasteiger charge is 2.02. The summed E-state index contributed by atoms with van der Waals surface area (Å²) in [5.74, 6) is 2.02. The van der Waals surface area contributed by atoms with E-state index >= 15 is 0 Å². The number of ether oxygens (including phenoxy) is 1. The van der Waals surface area contributed by atoms with Crippen LogP contribution in [0.1, 0.15) is 27.2 Å². The Hall–Kier alpha value is -2.37. The highest BCUT2D eigenvalue weighted by atomic mass is 16.5. The maximum absolute atomic E-state index is 5.60. The van der Waals surface area contributed by atoms with Crippen molar-refractivity contribution in [1.29, 1.82) is 0 Å². The van der Waals surface area contributed by atoms with Gasteiger partial charge in [-0.3, -0.25) is 0 Å². The molecule has 0 aliphatic carbocycles. The third-order valence-corrected chi connectivity index (χ3v) is 2.60. The predicted molar refractivity (Wildman–Crippen MR) is 84.1 cm³/mol. The van der Waals surface area contributed by atoms with Crippen LogP contribution in [0.15, 0.2) is 30.5 Å². The summed E-state index contributed by atoms with van der Waals surface area (Å²) in [6.45, 7) is 6.96. The fourth-order valence-electron chi connectivity index (χ4n) is 1.71. The van der Waals surface area contributed by atoms with Gasteiger partial charge >= 0.3 is 0 Å². The Morgan fingerprint density at radius 3 is 2.62 bits per heavy atom. The van der Waals surface area contributed by atoms with Gasteiger partial charge in [-0.1, -0.05) is 6.92 Å². The van der Waals surface area contributed by atoms with Gasteiger partial charge in [-0.25, -0.2) is 0 Å². The molecule has 0 unspecified atom stereocenters. The summed E-state index contributed by atoms with van der Waals surface area (Å²) in [4.78, 5) is 4.35. The maximum atomic E-state index is 5.60. The minimum atomic E-state index is 0.165. The molecule has 1 aromatic heterocycles. The van der Waals surface area contributed by atoms with Crippen molar-refractivity contribution in [2.75, 3.05) is 17.2 Å². The minimum Gasteiger partial charge on any atom is -0.491 e. The molecule has 112 valence electrons. The summed E-state index contributed by atoms with van der Waals surface area (Å²) in [5.41, 5.74) is 0.889. The molecule has 1 aromatic carbocycles. The molecule has 6 heteroatoms. The fourth-order valence-corrected chi connectivity index (χ4v) is 1.71. The number of nitrogens with one attached hydrogen (secondary N) is 2. The quantitative estimate of drug-likeness (QED) is 0.814. The first-order valence-corrected chi connectivity index (χ1v) is 7.14. The van der Waals surface area contributed by atoms with Crippen LogP contribution in [0.5, 0.6) is 5.75 Å². The Kier molecular flexibility index (Phi) is 5.31. The topological polar surface area (TPSA) is 72.0 Å². The van der Waals surface area contributed by atoms with E-state index < -0.39 is 0 Å². The first-order chi connectivity index (χ1) is 10.2. The molecule has 0 atom stereocenters. The van der Waals surface area contributed by atoms with Crippen LogP contribution in [0.3, 0.4) is 0 Å². The van der Waals surface area contributed by atoms with Crippen molar-refractivity contribution < 1.29 is 4.74 Å². The van der Waals surface area contributed by atoms with Crippen molar-refractivity contribution in [3.63, 3.8) is 0 Å². The van der Waals surface area contributed by atoms with Gasteiger partial charge in [-0.15, -0.1) is 5.10 Å². The molecular formula is C15H21N5O. The monoisotopic (exact) mass is 287 g/mol. The van der Waals surface area contributed by atoms with Gasteiger partial charge in [0.1, 0.15) is 5.75 Å². The number of rotatable bonds is 7. The summed E-state index contributed by atoms with van der Waals surface area (Å²) >= 11 is 0. The van der Waals surface area contributed by atoms with E-state index in [1.165, 1.54) is 0 Å². The Balaban J connectivity index is 2.00. The highest BCUT2D eigenvalue weighted by molar-refractivity contribution is 5.55. The van der Waals surface area contributed by atoms with Crippen molar-refractivity contribution in [3.8, 4) is 5.75 Å². The maximum Gasteiger partial charge on any atom is 0.249 e. The zero-order chi connectivity index (χ0) is 15.1. The van der Waals surface area contributed by atoms with Gasteiger partial charge in [-0.05, 0) is 44.5 Å². The SMILES string of the molecule is CCCNc1cnnc(Nc2ccc(OC(C)C)cc2)n1. The zero-order valence-electron chi connectivity index (χ0n) is 12.6. The van der Waals surface area contributed by atoms with Crippen LogP contribution in [0.2, 0.25) is 0 Å². The number of anilines is 3. The molecule has 0 saturated heterocycles. The largest absolute Gasteiger partial charge is 0.491 e. The molecule has 0 bridgehead atoms. The van der Waals surface area contributed by atoms with Crippen LogP contribution < -0.4 is 15.4 Å². The van der Waals surface area contributed by atoms with E-state index in [4.69, 9.17) is 4.74 Å². The first-order valence-electron chi connectivity index (χ1n) is 7.14. The molecule has 0 radical (unpaired) electrons. The average molecular weight is 287 g/mol. The summed E-state index contributed by atoms with van der Waals surface area (Å²) < 4.78 is 5.60. The van der Waals surface area contributed by atoms with Crippen LogP contribution in [-0.2, 0) is 0 Å². The summed E-state index contributed by atoms with van der Waals surface area (Å²) in [7, 11) is 0. The number of aromatic nitrogens is 3. The number of benzene rings is 1. The van der Waals surface area contributed by atoms with Crippen LogP contribution in [-0.4, -0.2) is 27.8 Å². The molecule has 1 heterocycles. The van der Waals surface area contributed by atoms with Crippen LogP contribution in [0.25, 0.3) is 0 Å². The van der Waals surface area contributed by atoms with Gasteiger partial charge in [0.15, 0.2) is 5.82 Å². The molecule has 0 saturated carbocycles. The minimum absolute atomic E-state index is 0.165. The molecule has 0 fully saturated rings. The molecule has 2 rings (SSSR count). The van der Waals surface area contributed by atoms with Crippen molar-refractivity contribution in [3.05, 3.63) is 30.5 Å². The normalized spacial score (nSPS) is 10.5. The van der Waals surface area contributed by atoms with E-state index in [0.29, 0.717) is 11.8 Å². The molecule has 0 aliphatic rings. The van der Waals surface area contributed by atoms with E-state index in [-0.39, 0.29) is 6.10 Å². The summed E-state index contributed by atoms with van der Waals surface area (Å²) in [6.07, 6.45) is 2.81. The molecular weight excluding hydrogens is 266 g/mol. The molecule has 6 nitrogen and oxygen atoms in total. The Labute approximate surface area is 125 Å². The summed E-state index contributed by atoms with van der Waals surface area (Å²) in [6, 6.07) is 7.67. The lowest BCUT2D eigenvalue weighted by atomic mass is 10.3. The van der Waals surface area contributed by atoms with Crippen LogP contribution >= 0.6 is 0 Å². The van der Waals surface area contributed by atoms with E-state index in [1.54, 1.807) is 6.20 Å². The van der Waals surface area contributed by atoms with E-state index in [1.807, 2.05) is 38.1 Å². The molecule has 21 heavy (non-hydrogen) atoms. The van der Waals surface area contributed by atoms with Gasteiger partial charge in [0.25, 0.3) is 0 Å². The van der Waals surface area contributed by atoms with Gasteiger partial charge in [-0.2, -0.15) is 10.1 Å². The number of hydrogen-bond acceptors (Lipinski definition) is 6. The van der Waals surface area contributed by atoms with E-state index in [0.717, 1.165) is 24.4 Å². The van der Waals surface area contributed by atoms with Gasteiger partial charge in [0.05, 0.1) is 12.3 Å². The molecule has 0 spiro atoms. The first kappa shape index (κ1) is 15.0. The number of hydrogen-bond donors (Lipinski definition) is 2. The van der Waals surface area contributed by atoms with E-state index in [2.05, 4.69) is 32.7 Å². The third-order valence-electron chi connectivity index (χ3n) is 2.60. The zero-order valence-corrected chi connectivity index (χ0v) is 12.6. The van der Waals surface area contributed by atoms with Crippen molar-refractivity contribution in [2.45, 2.75) is 33.3 Å². The second-order valence-corrected chi connectivity index (χ2v) is 4.91. The van der Waals surface area contributed by atoms with Crippen molar-refractivity contribution in [2.24, 2.45) is 0 Å².